The minimum absolute atomic E-state index is 0.142. The number of fused-ring (bicyclic) bond motifs is 1. The van der Waals surface area contributed by atoms with Crippen molar-refractivity contribution in [3.05, 3.63) is 42.5 Å². The number of anilines is 1. The Morgan fingerprint density at radius 1 is 1.13 bits per heavy atom. The summed E-state index contributed by atoms with van der Waals surface area (Å²) in [7, 11) is 0. The Balaban J connectivity index is 2.26. The van der Waals surface area contributed by atoms with Crippen LogP contribution >= 0.6 is 0 Å². The van der Waals surface area contributed by atoms with Crippen molar-refractivity contribution in [2.45, 2.75) is 6.92 Å². The molecule has 0 radical (unpaired) electrons. The Hall–Kier alpha value is -1.83. The predicted molar refractivity (Wildman–Crippen MR) is 63.1 cm³/mol. The first-order valence-corrected chi connectivity index (χ1v) is 4.98. The lowest BCUT2D eigenvalue weighted by Crippen LogP contribution is -2.09. The molecule has 0 heterocycles. The van der Waals surface area contributed by atoms with E-state index in [2.05, 4.69) is 29.6 Å². The molecule has 2 aromatic carbocycles. The van der Waals surface area contributed by atoms with Crippen molar-refractivity contribution >= 4 is 22.2 Å². The molecular formula is C13H13NO. The van der Waals surface area contributed by atoms with Crippen LogP contribution in [0.5, 0.6) is 0 Å². The maximum atomic E-state index is 10.8. The van der Waals surface area contributed by atoms with Gasteiger partial charge in [-0.3, -0.25) is 4.79 Å². The van der Waals surface area contributed by atoms with Crippen LogP contribution in [0.15, 0.2) is 42.5 Å². The molecular weight excluding hydrogens is 186 g/mol. The summed E-state index contributed by atoms with van der Waals surface area (Å²) in [5.74, 6) is 0.142. The summed E-state index contributed by atoms with van der Waals surface area (Å²) in [6.07, 6.45) is 0. The van der Waals surface area contributed by atoms with Gasteiger partial charge in [-0.1, -0.05) is 30.3 Å². The van der Waals surface area contributed by atoms with Crippen molar-refractivity contribution in [2.75, 3.05) is 11.9 Å². The number of nitrogens with one attached hydrogen (secondary N) is 1. The van der Waals surface area contributed by atoms with Gasteiger partial charge in [-0.25, -0.2) is 0 Å². The van der Waals surface area contributed by atoms with Gasteiger partial charge in [0.1, 0.15) is 5.78 Å². The van der Waals surface area contributed by atoms with E-state index in [0.29, 0.717) is 6.54 Å². The summed E-state index contributed by atoms with van der Waals surface area (Å²) in [5.41, 5.74) is 0.990. The molecule has 0 saturated heterocycles. The monoisotopic (exact) mass is 199 g/mol. The molecule has 0 atom stereocenters. The zero-order valence-corrected chi connectivity index (χ0v) is 8.66. The molecule has 1 N–H and O–H groups in total. The molecule has 0 saturated carbocycles. The number of benzene rings is 2. The quantitative estimate of drug-likeness (QED) is 0.823. The number of carbonyl (C=O) groups is 1. The largest absolute Gasteiger partial charge is 0.378 e. The van der Waals surface area contributed by atoms with Crippen molar-refractivity contribution in [3.8, 4) is 0 Å². The first kappa shape index (κ1) is 9.71. The summed E-state index contributed by atoms with van der Waals surface area (Å²) >= 11 is 0. The number of hydrogen-bond acceptors (Lipinski definition) is 2. The van der Waals surface area contributed by atoms with Crippen molar-refractivity contribution in [1.29, 1.82) is 0 Å². The van der Waals surface area contributed by atoms with Crippen molar-refractivity contribution < 1.29 is 4.79 Å². The minimum atomic E-state index is 0.142. The van der Waals surface area contributed by atoms with E-state index in [0.717, 1.165) is 5.69 Å². The third-order valence-electron chi connectivity index (χ3n) is 2.29. The van der Waals surface area contributed by atoms with Gasteiger partial charge in [0.2, 0.25) is 0 Å². The Labute approximate surface area is 88.9 Å². The van der Waals surface area contributed by atoms with E-state index in [9.17, 15) is 4.79 Å². The third-order valence-corrected chi connectivity index (χ3v) is 2.29. The van der Waals surface area contributed by atoms with Gasteiger partial charge in [0.05, 0.1) is 6.54 Å². The molecule has 0 bridgehead atoms. The van der Waals surface area contributed by atoms with Crippen LogP contribution in [0.1, 0.15) is 6.92 Å². The Morgan fingerprint density at radius 3 is 2.60 bits per heavy atom. The lowest BCUT2D eigenvalue weighted by molar-refractivity contribution is -0.115. The van der Waals surface area contributed by atoms with Gasteiger partial charge in [0.25, 0.3) is 0 Å². The summed E-state index contributed by atoms with van der Waals surface area (Å²) in [6.45, 7) is 1.96. The van der Waals surface area contributed by atoms with Gasteiger partial charge >= 0.3 is 0 Å². The molecule has 2 aromatic rings. The van der Waals surface area contributed by atoms with Gasteiger partial charge < -0.3 is 5.32 Å². The molecule has 2 rings (SSSR count). The molecule has 0 amide bonds. The van der Waals surface area contributed by atoms with Crippen LogP contribution in [0.2, 0.25) is 0 Å². The maximum Gasteiger partial charge on any atom is 0.148 e. The number of Topliss-reactive ketones (excluding diaryl/α,β-unsaturated/α-hetero) is 1. The number of ketones is 1. The fraction of sp³-hybridized carbons (Fsp3) is 0.154. The second-order valence-electron chi connectivity index (χ2n) is 3.62. The van der Waals surface area contributed by atoms with E-state index in [-0.39, 0.29) is 5.78 Å². The molecule has 15 heavy (non-hydrogen) atoms. The highest BCUT2D eigenvalue weighted by Crippen LogP contribution is 2.18. The standard InChI is InChI=1S/C13H13NO/c1-10(15)9-14-13-7-6-11-4-2-3-5-12(11)8-13/h2-8,14H,9H2,1H3. The van der Waals surface area contributed by atoms with Gasteiger partial charge in [-0.05, 0) is 29.8 Å². The molecule has 0 aliphatic heterocycles. The molecule has 0 aromatic heterocycles. The summed E-state index contributed by atoms with van der Waals surface area (Å²) < 4.78 is 0. The second-order valence-corrected chi connectivity index (χ2v) is 3.62. The van der Waals surface area contributed by atoms with Gasteiger partial charge in [-0.2, -0.15) is 0 Å². The zero-order chi connectivity index (χ0) is 10.7. The smallest absolute Gasteiger partial charge is 0.148 e. The van der Waals surface area contributed by atoms with E-state index in [1.54, 1.807) is 6.92 Å². The van der Waals surface area contributed by atoms with E-state index in [1.165, 1.54) is 10.8 Å². The fourth-order valence-corrected chi connectivity index (χ4v) is 1.53. The van der Waals surface area contributed by atoms with Crippen molar-refractivity contribution in [1.82, 2.24) is 0 Å². The molecule has 0 fully saturated rings. The topological polar surface area (TPSA) is 29.1 Å². The van der Waals surface area contributed by atoms with E-state index >= 15 is 0 Å². The first-order valence-electron chi connectivity index (χ1n) is 4.98. The molecule has 0 aliphatic carbocycles. The highest BCUT2D eigenvalue weighted by atomic mass is 16.1. The molecule has 0 unspecified atom stereocenters. The normalized spacial score (nSPS) is 10.2. The van der Waals surface area contributed by atoms with Crippen LogP contribution in [0.25, 0.3) is 10.8 Å². The highest BCUT2D eigenvalue weighted by Gasteiger charge is 1.96. The number of hydrogen-bond donors (Lipinski definition) is 1. The second kappa shape index (κ2) is 4.13. The summed E-state index contributed by atoms with van der Waals surface area (Å²) in [5, 5.41) is 5.49. The van der Waals surface area contributed by atoms with Crippen LogP contribution in [-0.2, 0) is 4.79 Å². The molecule has 2 heteroatoms. The van der Waals surface area contributed by atoms with Crippen LogP contribution < -0.4 is 5.32 Å². The number of rotatable bonds is 3. The van der Waals surface area contributed by atoms with Crippen molar-refractivity contribution in [3.63, 3.8) is 0 Å². The zero-order valence-electron chi connectivity index (χ0n) is 8.66. The predicted octanol–water partition coefficient (Wildman–Crippen LogP) is 2.84. The summed E-state index contributed by atoms with van der Waals surface area (Å²) in [4.78, 5) is 10.8. The van der Waals surface area contributed by atoms with Crippen molar-refractivity contribution in [2.24, 2.45) is 0 Å². The molecule has 0 aliphatic rings. The first-order chi connectivity index (χ1) is 7.25. The average Bonchev–Trinajstić information content (AvgIpc) is 2.26. The lowest BCUT2D eigenvalue weighted by atomic mass is 10.1. The average molecular weight is 199 g/mol. The maximum absolute atomic E-state index is 10.8. The Kier molecular flexibility index (Phi) is 2.68. The fourth-order valence-electron chi connectivity index (χ4n) is 1.53. The van der Waals surface area contributed by atoms with Gasteiger partial charge in [-0.15, -0.1) is 0 Å². The third kappa shape index (κ3) is 2.34. The molecule has 0 spiro atoms. The highest BCUT2D eigenvalue weighted by molar-refractivity contribution is 5.87. The van der Waals surface area contributed by atoms with Crippen LogP contribution in [0.3, 0.4) is 0 Å². The molecule has 76 valence electrons. The minimum Gasteiger partial charge on any atom is -0.378 e. The van der Waals surface area contributed by atoms with Crippen LogP contribution in [0, 0.1) is 0 Å². The number of carbonyl (C=O) groups excluding carboxylic acids is 1. The van der Waals surface area contributed by atoms with E-state index < -0.39 is 0 Å². The summed E-state index contributed by atoms with van der Waals surface area (Å²) in [6, 6.07) is 14.3. The molecule has 2 nitrogen and oxygen atoms in total. The Morgan fingerprint density at radius 2 is 1.87 bits per heavy atom. The van der Waals surface area contributed by atoms with Crippen LogP contribution in [-0.4, -0.2) is 12.3 Å². The Bertz CT molecular complexity index is 491. The van der Waals surface area contributed by atoms with Crippen LogP contribution in [0.4, 0.5) is 5.69 Å². The van der Waals surface area contributed by atoms with E-state index in [1.807, 2.05) is 18.2 Å². The lowest BCUT2D eigenvalue weighted by Gasteiger charge is -2.05. The van der Waals surface area contributed by atoms with Gasteiger partial charge in [0.15, 0.2) is 0 Å². The van der Waals surface area contributed by atoms with E-state index in [4.69, 9.17) is 0 Å². The SMILES string of the molecule is CC(=O)CNc1ccc2ccccc2c1. The van der Waals surface area contributed by atoms with Gasteiger partial charge in [0, 0.05) is 5.69 Å².